The van der Waals surface area contributed by atoms with Gasteiger partial charge in [-0.3, -0.25) is 4.79 Å². The predicted octanol–water partition coefficient (Wildman–Crippen LogP) is 5.72. The first-order valence-electron chi connectivity index (χ1n) is 8.84. The van der Waals surface area contributed by atoms with Crippen LogP contribution >= 0.6 is 11.3 Å². The van der Waals surface area contributed by atoms with Gasteiger partial charge in [0.05, 0.1) is 5.56 Å². The Balaban J connectivity index is 1.98. The molecule has 0 saturated carbocycles. The lowest BCUT2D eigenvalue weighted by Crippen LogP contribution is -2.26. The van der Waals surface area contributed by atoms with Gasteiger partial charge in [-0.15, -0.1) is 11.3 Å². The monoisotopic (exact) mass is 428 g/mol. The second-order valence-electron chi connectivity index (χ2n) is 8.02. The molecule has 0 saturated heterocycles. The number of benzene rings is 1. The van der Waals surface area contributed by atoms with Crippen LogP contribution in [0.15, 0.2) is 0 Å². The van der Waals surface area contributed by atoms with Gasteiger partial charge in [-0.1, -0.05) is 20.8 Å². The lowest BCUT2D eigenvalue weighted by atomic mass is 9.72. The van der Waals surface area contributed by atoms with Crippen molar-refractivity contribution in [1.82, 2.24) is 0 Å². The van der Waals surface area contributed by atoms with Gasteiger partial charge in [-0.25, -0.2) is 22.0 Å². The van der Waals surface area contributed by atoms with E-state index in [4.69, 9.17) is 0 Å². The van der Waals surface area contributed by atoms with E-state index in [2.05, 4.69) is 26.1 Å². The molecule has 0 bridgehead atoms. The Hall–Kier alpha value is -2.47. The number of nitrogens with zero attached hydrogens (tertiary/aromatic N) is 1. The molecule has 1 unspecified atom stereocenters. The first kappa shape index (κ1) is 21.2. The molecule has 1 atom stereocenters. The van der Waals surface area contributed by atoms with Gasteiger partial charge in [-0.2, -0.15) is 5.26 Å². The van der Waals surface area contributed by atoms with E-state index < -0.39 is 40.6 Å². The van der Waals surface area contributed by atoms with Gasteiger partial charge in [0, 0.05) is 4.88 Å². The van der Waals surface area contributed by atoms with Crippen molar-refractivity contribution in [2.24, 2.45) is 11.3 Å². The summed E-state index contributed by atoms with van der Waals surface area (Å²) in [5.74, 6) is -12.3. The second kappa shape index (κ2) is 7.41. The highest BCUT2D eigenvalue weighted by molar-refractivity contribution is 7.16. The van der Waals surface area contributed by atoms with Crippen LogP contribution in [0, 0.1) is 51.8 Å². The maximum absolute atomic E-state index is 13.9. The van der Waals surface area contributed by atoms with Crippen molar-refractivity contribution in [2.45, 2.75) is 40.0 Å². The van der Waals surface area contributed by atoms with Gasteiger partial charge in [-0.05, 0) is 36.2 Å². The molecule has 1 heterocycles. The number of thiophene rings is 1. The Bertz CT molecular complexity index is 1020. The fourth-order valence-corrected chi connectivity index (χ4v) is 4.77. The van der Waals surface area contributed by atoms with Crippen LogP contribution in [0.2, 0.25) is 0 Å². The SMILES string of the molecule is CC(C)(C)C1CCc2c(sc(NC(=O)c3c(F)c(F)c(F)c(F)c3F)c2C#N)C1. The van der Waals surface area contributed by atoms with Crippen LogP contribution < -0.4 is 5.32 Å². The molecule has 2 aromatic rings. The lowest BCUT2D eigenvalue weighted by Gasteiger charge is -2.33. The smallest absolute Gasteiger partial charge is 0.262 e. The first-order valence-corrected chi connectivity index (χ1v) is 9.66. The molecule has 0 fully saturated rings. The van der Waals surface area contributed by atoms with E-state index in [1.54, 1.807) is 0 Å². The molecule has 1 aromatic carbocycles. The summed E-state index contributed by atoms with van der Waals surface area (Å²) in [6.07, 6.45) is 2.12. The zero-order chi connectivity index (χ0) is 21.7. The van der Waals surface area contributed by atoms with Crippen molar-refractivity contribution < 1.29 is 26.7 Å². The van der Waals surface area contributed by atoms with E-state index in [-0.39, 0.29) is 16.0 Å². The molecule has 3 rings (SSSR count). The second-order valence-corrected chi connectivity index (χ2v) is 9.13. The van der Waals surface area contributed by atoms with E-state index in [0.717, 1.165) is 28.2 Å². The van der Waals surface area contributed by atoms with E-state index in [1.807, 2.05) is 6.07 Å². The van der Waals surface area contributed by atoms with Gasteiger partial charge in [0.15, 0.2) is 23.3 Å². The topological polar surface area (TPSA) is 52.9 Å². The minimum absolute atomic E-state index is 0.0350. The maximum Gasteiger partial charge on any atom is 0.262 e. The minimum atomic E-state index is -2.34. The zero-order valence-electron chi connectivity index (χ0n) is 15.9. The zero-order valence-corrected chi connectivity index (χ0v) is 16.7. The third kappa shape index (κ3) is 3.62. The summed E-state index contributed by atoms with van der Waals surface area (Å²) in [5.41, 5.74) is -0.627. The van der Waals surface area contributed by atoms with Crippen molar-refractivity contribution in [3.05, 3.63) is 50.7 Å². The fraction of sp³-hybridized carbons (Fsp3) is 0.400. The molecular formula is C20H17F5N2OS. The molecule has 1 amide bonds. The van der Waals surface area contributed by atoms with Crippen molar-refractivity contribution >= 4 is 22.2 Å². The Kier molecular flexibility index (Phi) is 5.43. The minimum Gasteiger partial charge on any atom is -0.312 e. The quantitative estimate of drug-likeness (QED) is 0.378. The Morgan fingerprint density at radius 3 is 2.14 bits per heavy atom. The Morgan fingerprint density at radius 2 is 1.62 bits per heavy atom. The highest BCUT2D eigenvalue weighted by Crippen LogP contribution is 2.44. The van der Waals surface area contributed by atoms with Gasteiger partial charge < -0.3 is 5.32 Å². The number of amides is 1. The van der Waals surface area contributed by atoms with E-state index in [0.29, 0.717) is 18.8 Å². The van der Waals surface area contributed by atoms with Crippen molar-refractivity contribution in [1.29, 1.82) is 5.26 Å². The van der Waals surface area contributed by atoms with E-state index >= 15 is 0 Å². The third-order valence-corrected chi connectivity index (χ3v) is 6.44. The average Bonchev–Trinajstić information content (AvgIpc) is 3.00. The number of carbonyl (C=O) groups is 1. The molecule has 0 aliphatic heterocycles. The number of rotatable bonds is 2. The Morgan fingerprint density at radius 1 is 1.07 bits per heavy atom. The molecule has 9 heteroatoms. The summed E-state index contributed by atoms with van der Waals surface area (Å²) in [6, 6.07) is 1.98. The number of anilines is 1. The molecule has 3 nitrogen and oxygen atoms in total. The molecule has 1 aromatic heterocycles. The number of fused-ring (bicyclic) bond motifs is 1. The molecule has 29 heavy (non-hydrogen) atoms. The third-order valence-electron chi connectivity index (χ3n) is 5.27. The number of halogens is 5. The fourth-order valence-electron chi connectivity index (χ4n) is 3.50. The number of nitrogens with one attached hydrogen (secondary N) is 1. The van der Waals surface area contributed by atoms with Gasteiger partial charge >= 0.3 is 0 Å². The van der Waals surface area contributed by atoms with Crippen LogP contribution in [-0.2, 0) is 12.8 Å². The van der Waals surface area contributed by atoms with Crippen LogP contribution in [0.3, 0.4) is 0 Å². The predicted molar refractivity (Wildman–Crippen MR) is 98.2 cm³/mol. The van der Waals surface area contributed by atoms with Crippen LogP contribution in [0.1, 0.15) is 53.6 Å². The van der Waals surface area contributed by atoms with Crippen molar-refractivity contribution in [3.63, 3.8) is 0 Å². The van der Waals surface area contributed by atoms with Crippen molar-refractivity contribution in [3.8, 4) is 6.07 Å². The summed E-state index contributed by atoms with van der Waals surface area (Å²) >= 11 is 1.09. The number of nitriles is 1. The molecular weight excluding hydrogens is 411 g/mol. The first-order chi connectivity index (χ1) is 13.5. The molecule has 1 aliphatic carbocycles. The molecule has 1 N–H and O–H groups in total. The Labute approximate surface area is 168 Å². The molecule has 154 valence electrons. The molecule has 0 spiro atoms. The summed E-state index contributed by atoms with van der Waals surface area (Å²) in [4.78, 5) is 13.2. The van der Waals surface area contributed by atoms with E-state index in [1.165, 1.54) is 0 Å². The largest absolute Gasteiger partial charge is 0.312 e. The number of carbonyl (C=O) groups excluding carboxylic acids is 1. The van der Waals surface area contributed by atoms with Gasteiger partial charge in [0.25, 0.3) is 5.91 Å². The summed E-state index contributed by atoms with van der Waals surface area (Å²) in [6.45, 7) is 6.31. The standard InChI is InChI=1S/C20H17F5N2OS/c1-20(2,3)8-4-5-9-10(7-26)19(29-11(9)6-8)27-18(28)12-13(21)15(23)17(25)16(24)14(12)22/h8H,4-6H2,1-3H3,(H,27,28). The van der Waals surface area contributed by atoms with Gasteiger partial charge in [0.2, 0.25) is 5.82 Å². The van der Waals surface area contributed by atoms with Crippen LogP contribution in [0.5, 0.6) is 0 Å². The summed E-state index contributed by atoms with van der Waals surface area (Å²) < 4.78 is 67.8. The normalized spacial score (nSPS) is 16.3. The highest BCUT2D eigenvalue weighted by atomic mass is 32.1. The summed E-state index contributed by atoms with van der Waals surface area (Å²) in [7, 11) is 0. The van der Waals surface area contributed by atoms with Crippen molar-refractivity contribution in [2.75, 3.05) is 5.32 Å². The lowest BCUT2D eigenvalue weighted by molar-refractivity contribution is 0.101. The maximum atomic E-state index is 13.9. The molecule has 1 aliphatic rings. The van der Waals surface area contributed by atoms with Crippen LogP contribution in [-0.4, -0.2) is 5.91 Å². The van der Waals surface area contributed by atoms with E-state index in [9.17, 15) is 32.0 Å². The van der Waals surface area contributed by atoms with Gasteiger partial charge in [0.1, 0.15) is 16.6 Å². The van der Waals surface area contributed by atoms with Crippen LogP contribution in [0.25, 0.3) is 0 Å². The highest BCUT2D eigenvalue weighted by Gasteiger charge is 2.34. The molecule has 0 radical (unpaired) electrons. The summed E-state index contributed by atoms with van der Waals surface area (Å²) in [5, 5.41) is 11.7. The number of hydrogen-bond donors (Lipinski definition) is 1. The average molecular weight is 428 g/mol. The van der Waals surface area contributed by atoms with Crippen LogP contribution in [0.4, 0.5) is 27.0 Å². The number of hydrogen-bond acceptors (Lipinski definition) is 3.